The van der Waals surface area contributed by atoms with Crippen LogP contribution >= 0.6 is 0 Å². The van der Waals surface area contributed by atoms with E-state index in [1.54, 1.807) is 10.6 Å². The number of carbonyl (C=O) groups excluding carboxylic acids is 1. The topological polar surface area (TPSA) is 47.3 Å². The van der Waals surface area contributed by atoms with Gasteiger partial charge in [0.1, 0.15) is 5.69 Å². The average molecular weight is 175 g/mol. The van der Waals surface area contributed by atoms with Crippen molar-refractivity contribution in [3.8, 4) is 0 Å². The fraction of sp³-hybridized carbons (Fsp3) is 0.222. The van der Waals surface area contributed by atoms with E-state index in [0.717, 1.165) is 11.2 Å². The van der Waals surface area contributed by atoms with Gasteiger partial charge in [-0.25, -0.2) is 4.52 Å². The fourth-order valence-corrected chi connectivity index (χ4v) is 1.30. The zero-order chi connectivity index (χ0) is 9.42. The highest BCUT2D eigenvalue weighted by atomic mass is 16.1. The minimum atomic E-state index is -0.00417. The summed E-state index contributed by atoms with van der Waals surface area (Å²) in [6.07, 6.45) is 0. The summed E-state index contributed by atoms with van der Waals surface area (Å²) in [6.45, 7) is 3.39. The molecule has 0 atom stereocenters. The van der Waals surface area contributed by atoms with Crippen LogP contribution in [0.2, 0.25) is 0 Å². The first kappa shape index (κ1) is 7.91. The molecule has 0 amide bonds. The molecule has 0 radical (unpaired) electrons. The Bertz CT molecular complexity index is 473. The molecule has 0 unspecified atom stereocenters. The van der Waals surface area contributed by atoms with E-state index in [1.807, 2.05) is 19.1 Å². The second-order valence-corrected chi connectivity index (χ2v) is 2.94. The van der Waals surface area contributed by atoms with Crippen molar-refractivity contribution in [2.45, 2.75) is 13.8 Å². The van der Waals surface area contributed by atoms with E-state index < -0.39 is 0 Å². The van der Waals surface area contributed by atoms with Crippen molar-refractivity contribution in [3.05, 3.63) is 29.6 Å². The minimum absolute atomic E-state index is 0.00417. The lowest BCUT2D eigenvalue weighted by Crippen LogP contribution is -2.02. The molecule has 0 saturated heterocycles. The number of ketones is 1. The summed E-state index contributed by atoms with van der Waals surface area (Å²) < 4.78 is 1.57. The number of hydrogen-bond donors (Lipinski definition) is 0. The highest BCUT2D eigenvalue weighted by Crippen LogP contribution is 2.09. The maximum absolute atomic E-state index is 11.2. The van der Waals surface area contributed by atoms with Crippen LogP contribution in [0.25, 0.3) is 5.52 Å². The van der Waals surface area contributed by atoms with Gasteiger partial charge in [0.05, 0.1) is 11.2 Å². The molecule has 0 aliphatic heterocycles. The summed E-state index contributed by atoms with van der Waals surface area (Å²) in [6, 6.07) is 5.47. The maximum Gasteiger partial charge on any atom is 0.178 e. The van der Waals surface area contributed by atoms with E-state index in [1.165, 1.54) is 6.92 Å². The molecule has 13 heavy (non-hydrogen) atoms. The van der Waals surface area contributed by atoms with Gasteiger partial charge in [-0.05, 0) is 19.1 Å². The summed E-state index contributed by atoms with van der Waals surface area (Å²) in [5.74, 6) is -0.00417. The van der Waals surface area contributed by atoms with Crippen LogP contribution < -0.4 is 0 Å². The lowest BCUT2D eigenvalue weighted by atomic mass is 10.2. The normalized spacial score (nSPS) is 10.6. The molecule has 2 rings (SSSR count). The summed E-state index contributed by atoms with van der Waals surface area (Å²) >= 11 is 0. The average Bonchev–Trinajstić information content (AvgIpc) is 2.48. The van der Waals surface area contributed by atoms with Crippen molar-refractivity contribution in [1.82, 2.24) is 14.8 Å². The third-order valence-corrected chi connectivity index (χ3v) is 1.98. The number of fused-ring (bicyclic) bond motifs is 1. The van der Waals surface area contributed by atoms with Gasteiger partial charge in [0.2, 0.25) is 0 Å². The number of rotatable bonds is 1. The van der Waals surface area contributed by atoms with Crippen LogP contribution in [0.3, 0.4) is 0 Å². The van der Waals surface area contributed by atoms with Crippen molar-refractivity contribution < 1.29 is 4.79 Å². The maximum atomic E-state index is 11.2. The SMILES string of the molecule is CC(=O)c1cccc2c(C)nnn12. The van der Waals surface area contributed by atoms with Crippen molar-refractivity contribution in [2.75, 3.05) is 0 Å². The Morgan fingerprint density at radius 1 is 1.46 bits per heavy atom. The third kappa shape index (κ3) is 1.11. The van der Waals surface area contributed by atoms with Crippen LogP contribution in [0.5, 0.6) is 0 Å². The van der Waals surface area contributed by atoms with E-state index in [2.05, 4.69) is 10.3 Å². The number of hydrogen-bond acceptors (Lipinski definition) is 3. The van der Waals surface area contributed by atoms with Crippen LogP contribution in [0.15, 0.2) is 18.2 Å². The Kier molecular flexibility index (Phi) is 1.62. The van der Waals surface area contributed by atoms with Crippen molar-refractivity contribution in [2.24, 2.45) is 0 Å². The molecular weight excluding hydrogens is 166 g/mol. The van der Waals surface area contributed by atoms with Gasteiger partial charge in [-0.15, -0.1) is 5.10 Å². The minimum Gasteiger partial charge on any atom is -0.293 e. The molecule has 2 aromatic rings. The van der Waals surface area contributed by atoms with Crippen molar-refractivity contribution in [1.29, 1.82) is 0 Å². The van der Waals surface area contributed by atoms with Gasteiger partial charge in [0.25, 0.3) is 0 Å². The number of carbonyl (C=O) groups is 1. The fourth-order valence-electron chi connectivity index (χ4n) is 1.30. The smallest absolute Gasteiger partial charge is 0.178 e. The molecule has 0 aliphatic rings. The Morgan fingerprint density at radius 3 is 2.92 bits per heavy atom. The van der Waals surface area contributed by atoms with E-state index in [-0.39, 0.29) is 5.78 Å². The molecule has 4 nitrogen and oxygen atoms in total. The number of aryl methyl sites for hydroxylation is 1. The highest BCUT2D eigenvalue weighted by Gasteiger charge is 2.07. The Morgan fingerprint density at radius 2 is 2.23 bits per heavy atom. The largest absolute Gasteiger partial charge is 0.293 e. The van der Waals surface area contributed by atoms with Gasteiger partial charge in [0, 0.05) is 6.92 Å². The molecule has 0 spiro atoms. The molecular formula is C9H9N3O. The van der Waals surface area contributed by atoms with Crippen LogP contribution in [0.1, 0.15) is 23.1 Å². The molecule has 0 fully saturated rings. The predicted molar refractivity (Wildman–Crippen MR) is 47.7 cm³/mol. The van der Waals surface area contributed by atoms with Crippen LogP contribution in [0, 0.1) is 6.92 Å². The quantitative estimate of drug-likeness (QED) is 0.612. The van der Waals surface area contributed by atoms with Crippen molar-refractivity contribution in [3.63, 3.8) is 0 Å². The Hall–Kier alpha value is -1.71. The first-order chi connectivity index (χ1) is 6.20. The predicted octanol–water partition coefficient (Wildman–Crippen LogP) is 1.24. The van der Waals surface area contributed by atoms with E-state index in [0.29, 0.717) is 5.69 Å². The molecule has 66 valence electrons. The van der Waals surface area contributed by atoms with E-state index in [4.69, 9.17) is 0 Å². The first-order valence-corrected chi connectivity index (χ1v) is 4.02. The summed E-state index contributed by atoms with van der Waals surface area (Å²) in [5.41, 5.74) is 2.29. The second kappa shape index (κ2) is 2.65. The standard InChI is InChI=1S/C9H9N3O/c1-6-8-4-3-5-9(7(2)13)12(8)11-10-6/h3-5H,1-2H3. The lowest BCUT2D eigenvalue weighted by molar-refractivity contribution is 0.101. The van der Waals surface area contributed by atoms with Crippen LogP contribution in [-0.4, -0.2) is 20.6 Å². The first-order valence-electron chi connectivity index (χ1n) is 4.02. The van der Waals surface area contributed by atoms with E-state index in [9.17, 15) is 4.79 Å². The molecule has 0 bridgehead atoms. The van der Waals surface area contributed by atoms with E-state index >= 15 is 0 Å². The van der Waals surface area contributed by atoms with Crippen LogP contribution in [0.4, 0.5) is 0 Å². The molecule has 0 saturated carbocycles. The van der Waals surface area contributed by atoms with Crippen molar-refractivity contribution >= 4 is 11.3 Å². The Labute approximate surface area is 75.2 Å². The van der Waals surface area contributed by atoms with Gasteiger partial charge in [-0.2, -0.15) is 0 Å². The van der Waals surface area contributed by atoms with Crippen LogP contribution in [-0.2, 0) is 0 Å². The lowest BCUT2D eigenvalue weighted by Gasteiger charge is -1.98. The summed E-state index contributed by atoms with van der Waals surface area (Å²) in [5, 5.41) is 7.78. The summed E-state index contributed by atoms with van der Waals surface area (Å²) in [4.78, 5) is 11.2. The third-order valence-electron chi connectivity index (χ3n) is 1.98. The van der Waals surface area contributed by atoms with Gasteiger partial charge in [0.15, 0.2) is 5.78 Å². The number of aromatic nitrogens is 3. The zero-order valence-electron chi connectivity index (χ0n) is 7.48. The summed E-state index contributed by atoms with van der Waals surface area (Å²) in [7, 11) is 0. The van der Waals surface area contributed by atoms with Gasteiger partial charge in [-0.3, -0.25) is 4.79 Å². The molecule has 4 heteroatoms. The highest BCUT2D eigenvalue weighted by molar-refractivity contribution is 5.93. The molecule has 0 N–H and O–H groups in total. The number of nitrogens with zero attached hydrogens (tertiary/aromatic N) is 3. The van der Waals surface area contributed by atoms with Gasteiger partial charge in [-0.1, -0.05) is 11.3 Å². The molecule has 0 aliphatic carbocycles. The Balaban J connectivity index is 2.84. The second-order valence-electron chi connectivity index (χ2n) is 2.94. The zero-order valence-corrected chi connectivity index (χ0v) is 7.48. The van der Waals surface area contributed by atoms with Gasteiger partial charge >= 0.3 is 0 Å². The molecule has 2 aromatic heterocycles. The number of pyridine rings is 1. The van der Waals surface area contributed by atoms with Gasteiger partial charge < -0.3 is 0 Å². The monoisotopic (exact) mass is 175 g/mol. The number of Topliss-reactive ketones (excluding diaryl/α,β-unsaturated/α-hetero) is 1. The molecule has 2 heterocycles. The molecule has 0 aromatic carbocycles.